The summed E-state index contributed by atoms with van der Waals surface area (Å²) in [5.74, 6) is -0.209. The maximum Gasteiger partial charge on any atom is 0.248 e. The number of amides is 1. The molecule has 0 radical (unpaired) electrons. The van der Waals surface area contributed by atoms with Crippen LogP contribution in [-0.2, 0) is 9.53 Å². The van der Waals surface area contributed by atoms with Crippen molar-refractivity contribution in [1.29, 1.82) is 0 Å². The molecule has 1 unspecified atom stereocenters. The fraction of sp³-hybridized carbons (Fsp3) is 0.600. The third-order valence-corrected chi connectivity index (χ3v) is 3.74. The molecule has 1 aromatic rings. The third-order valence-electron chi connectivity index (χ3n) is 2.75. The average Bonchev–Trinajstić information content (AvgIpc) is 2.76. The second-order valence-corrected chi connectivity index (χ2v) is 5.28. The molecule has 1 amide bonds. The molecule has 0 aliphatic carbocycles. The highest BCUT2D eigenvalue weighted by Crippen LogP contribution is 2.23. The van der Waals surface area contributed by atoms with Crippen LogP contribution in [0, 0.1) is 13.8 Å². The van der Waals surface area contributed by atoms with E-state index in [1.807, 2.05) is 13.8 Å². The molecule has 0 bridgehead atoms. The minimum absolute atomic E-state index is 0.209. The second kappa shape index (κ2) is 4.12. The Kier molecular flexibility index (Phi) is 2.96. The first-order valence-electron chi connectivity index (χ1n) is 5.13. The molecule has 6 heteroatoms. The molecule has 2 heterocycles. The summed E-state index contributed by atoms with van der Waals surface area (Å²) in [4.78, 5) is 17.3. The Labute approximate surface area is 98.0 Å². The predicted octanol–water partition coefficient (Wildman–Crippen LogP) is 0.816. The van der Waals surface area contributed by atoms with Gasteiger partial charge in [-0.05, 0) is 20.3 Å². The molecular formula is C10H15N3O2S. The topological polar surface area (TPSA) is 77.2 Å². The van der Waals surface area contributed by atoms with Crippen LogP contribution in [0.1, 0.15) is 17.0 Å². The van der Waals surface area contributed by atoms with Crippen molar-refractivity contribution in [2.45, 2.75) is 25.8 Å². The van der Waals surface area contributed by atoms with Crippen molar-refractivity contribution < 1.29 is 9.53 Å². The number of anilines is 1. The quantitative estimate of drug-likeness (QED) is 0.803. The van der Waals surface area contributed by atoms with E-state index in [4.69, 9.17) is 10.5 Å². The summed E-state index contributed by atoms with van der Waals surface area (Å²) in [5, 5.41) is 3.36. The SMILES string of the molecule is Cc1nc(NC(=O)C2(N)CCOC2)sc1C. The first-order valence-corrected chi connectivity index (χ1v) is 5.95. The highest BCUT2D eigenvalue weighted by atomic mass is 32.1. The van der Waals surface area contributed by atoms with Gasteiger partial charge < -0.3 is 15.8 Å². The van der Waals surface area contributed by atoms with Gasteiger partial charge in [-0.3, -0.25) is 4.79 Å². The molecule has 1 aromatic heterocycles. The van der Waals surface area contributed by atoms with E-state index < -0.39 is 5.54 Å². The van der Waals surface area contributed by atoms with Crippen molar-refractivity contribution in [2.24, 2.45) is 5.73 Å². The van der Waals surface area contributed by atoms with Crippen LogP contribution in [-0.4, -0.2) is 29.6 Å². The third kappa shape index (κ3) is 2.09. The summed E-state index contributed by atoms with van der Waals surface area (Å²) < 4.78 is 5.15. The van der Waals surface area contributed by atoms with Gasteiger partial charge in [0.05, 0.1) is 12.3 Å². The molecular weight excluding hydrogens is 226 g/mol. The largest absolute Gasteiger partial charge is 0.379 e. The van der Waals surface area contributed by atoms with Crippen molar-refractivity contribution in [3.8, 4) is 0 Å². The molecule has 0 aromatic carbocycles. The van der Waals surface area contributed by atoms with Gasteiger partial charge in [-0.2, -0.15) is 0 Å². The van der Waals surface area contributed by atoms with Gasteiger partial charge >= 0.3 is 0 Å². The number of hydrogen-bond acceptors (Lipinski definition) is 5. The van der Waals surface area contributed by atoms with Crippen molar-refractivity contribution in [2.75, 3.05) is 18.5 Å². The number of rotatable bonds is 2. The van der Waals surface area contributed by atoms with E-state index in [1.54, 1.807) is 0 Å². The summed E-state index contributed by atoms with van der Waals surface area (Å²) >= 11 is 1.46. The second-order valence-electron chi connectivity index (χ2n) is 4.07. The molecule has 3 N–H and O–H groups in total. The fourth-order valence-electron chi connectivity index (χ4n) is 1.51. The van der Waals surface area contributed by atoms with Gasteiger partial charge in [0.1, 0.15) is 5.54 Å². The Morgan fingerprint density at radius 1 is 1.62 bits per heavy atom. The van der Waals surface area contributed by atoms with Crippen molar-refractivity contribution in [3.05, 3.63) is 10.6 Å². The van der Waals surface area contributed by atoms with Crippen LogP contribution < -0.4 is 11.1 Å². The lowest BCUT2D eigenvalue weighted by molar-refractivity contribution is -0.121. The van der Waals surface area contributed by atoms with Crippen LogP contribution in [0.5, 0.6) is 0 Å². The smallest absolute Gasteiger partial charge is 0.248 e. The zero-order chi connectivity index (χ0) is 11.8. The minimum atomic E-state index is -0.895. The number of nitrogens with one attached hydrogen (secondary N) is 1. The van der Waals surface area contributed by atoms with Crippen molar-refractivity contribution in [3.63, 3.8) is 0 Å². The summed E-state index contributed by atoms with van der Waals surface area (Å²) in [7, 11) is 0. The van der Waals surface area contributed by atoms with Gasteiger partial charge in [0.15, 0.2) is 5.13 Å². The Hall–Kier alpha value is -0.980. The number of aromatic nitrogens is 1. The van der Waals surface area contributed by atoms with E-state index in [-0.39, 0.29) is 12.5 Å². The Bertz CT molecular complexity index is 391. The van der Waals surface area contributed by atoms with E-state index in [0.29, 0.717) is 18.2 Å². The van der Waals surface area contributed by atoms with Gasteiger partial charge in [-0.1, -0.05) is 0 Å². The van der Waals surface area contributed by atoms with E-state index in [2.05, 4.69) is 10.3 Å². The molecule has 1 atom stereocenters. The number of aryl methyl sites for hydroxylation is 2. The number of carbonyl (C=O) groups excluding carboxylic acids is 1. The summed E-state index contributed by atoms with van der Waals surface area (Å²) in [6, 6.07) is 0. The summed E-state index contributed by atoms with van der Waals surface area (Å²) in [5.41, 5.74) is 5.98. The lowest BCUT2D eigenvalue weighted by Gasteiger charge is -2.19. The van der Waals surface area contributed by atoms with Crippen LogP contribution in [0.2, 0.25) is 0 Å². The highest BCUT2D eigenvalue weighted by molar-refractivity contribution is 7.15. The van der Waals surface area contributed by atoms with Crippen LogP contribution in [0.4, 0.5) is 5.13 Å². The zero-order valence-electron chi connectivity index (χ0n) is 9.37. The number of nitrogens with zero attached hydrogens (tertiary/aromatic N) is 1. The molecule has 0 saturated carbocycles. The predicted molar refractivity (Wildman–Crippen MR) is 62.6 cm³/mol. The molecule has 5 nitrogen and oxygen atoms in total. The van der Waals surface area contributed by atoms with Gasteiger partial charge in [0.25, 0.3) is 0 Å². The summed E-state index contributed by atoms with van der Waals surface area (Å²) in [6.45, 7) is 4.71. The monoisotopic (exact) mass is 241 g/mol. The number of nitrogens with two attached hydrogens (primary N) is 1. The van der Waals surface area contributed by atoms with Crippen LogP contribution in [0.3, 0.4) is 0 Å². The molecule has 1 saturated heterocycles. The minimum Gasteiger partial charge on any atom is -0.379 e. The zero-order valence-corrected chi connectivity index (χ0v) is 10.2. The number of thiazole rings is 1. The van der Waals surface area contributed by atoms with Crippen LogP contribution >= 0.6 is 11.3 Å². The van der Waals surface area contributed by atoms with Crippen LogP contribution in [0.15, 0.2) is 0 Å². The molecule has 1 aliphatic rings. The normalized spacial score (nSPS) is 24.7. The van der Waals surface area contributed by atoms with Crippen molar-refractivity contribution in [1.82, 2.24) is 4.98 Å². The Morgan fingerprint density at radius 2 is 2.38 bits per heavy atom. The van der Waals surface area contributed by atoms with E-state index in [1.165, 1.54) is 11.3 Å². The molecule has 88 valence electrons. The molecule has 0 spiro atoms. The standard InChI is InChI=1S/C10H15N3O2S/c1-6-7(2)16-9(12-6)13-8(14)10(11)3-4-15-5-10/h3-5,11H2,1-2H3,(H,12,13,14). The maximum absolute atomic E-state index is 11.9. The lowest BCUT2D eigenvalue weighted by atomic mass is 10.00. The summed E-state index contributed by atoms with van der Waals surface area (Å²) in [6.07, 6.45) is 0.558. The van der Waals surface area contributed by atoms with Gasteiger partial charge in [-0.25, -0.2) is 4.98 Å². The number of hydrogen-bond donors (Lipinski definition) is 2. The lowest BCUT2D eigenvalue weighted by Crippen LogP contribution is -2.51. The molecule has 1 fully saturated rings. The van der Waals surface area contributed by atoms with Gasteiger partial charge in [0, 0.05) is 11.5 Å². The maximum atomic E-state index is 11.9. The van der Waals surface area contributed by atoms with Crippen LogP contribution in [0.25, 0.3) is 0 Å². The highest BCUT2D eigenvalue weighted by Gasteiger charge is 2.38. The molecule has 16 heavy (non-hydrogen) atoms. The van der Waals surface area contributed by atoms with E-state index in [9.17, 15) is 4.79 Å². The average molecular weight is 241 g/mol. The van der Waals surface area contributed by atoms with E-state index in [0.717, 1.165) is 10.6 Å². The van der Waals surface area contributed by atoms with E-state index >= 15 is 0 Å². The number of ether oxygens (including phenoxy) is 1. The first kappa shape index (κ1) is 11.5. The fourth-order valence-corrected chi connectivity index (χ4v) is 2.32. The molecule has 2 rings (SSSR count). The van der Waals surface area contributed by atoms with Gasteiger partial charge in [0.2, 0.25) is 5.91 Å². The van der Waals surface area contributed by atoms with Gasteiger partial charge in [-0.15, -0.1) is 11.3 Å². The van der Waals surface area contributed by atoms with Crippen molar-refractivity contribution >= 4 is 22.4 Å². The number of carbonyl (C=O) groups is 1. The first-order chi connectivity index (χ1) is 7.51. The Balaban J connectivity index is 2.07. The molecule has 1 aliphatic heterocycles. The Morgan fingerprint density at radius 3 is 2.88 bits per heavy atom.